The zero-order valence-electron chi connectivity index (χ0n) is 6.56. The van der Waals surface area contributed by atoms with E-state index in [1.54, 1.807) is 0 Å². The van der Waals surface area contributed by atoms with Crippen LogP contribution >= 0.6 is 0 Å². The minimum atomic E-state index is 0. The summed E-state index contributed by atoms with van der Waals surface area (Å²) in [6.07, 6.45) is 3.00. The lowest BCUT2D eigenvalue weighted by molar-refractivity contribution is 0.283. The summed E-state index contributed by atoms with van der Waals surface area (Å²) in [4.78, 5) is 0. The Morgan fingerprint density at radius 3 is 2.11 bits per heavy atom. The van der Waals surface area contributed by atoms with Crippen LogP contribution < -0.4 is 5.73 Å². The van der Waals surface area contributed by atoms with Gasteiger partial charge in [-0.25, -0.2) is 0 Å². The Balaban J connectivity index is -0.000000149. The molecular formula is C7H21NO. The van der Waals surface area contributed by atoms with Crippen LogP contribution in [0.1, 0.15) is 34.5 Å². The maximum Gasteiger partial charge on any atom is 0.0431 e. The summed E-state index contributed by atoms with van der Waals surface area (Å²) in [5, 5.41) is 8.25. The molecule has 0 amide bonds. The van der Waals surface area contributed by atoms with Gasteiger partial charge < -0.3 is 10.8 Å². The molecule has 0 saturated carbocycles. The Morgan fingerprint density at radius 1 is 1.22 bits per heavy atom. The van der Waals surface area contributed by atoms with Crippen molar-refractivity contribution in [1.82, 2.24) is 0 Å². The Kier molecular flexibility index (Phi) is 20.3. The van der Waals surface area contributed by atoms with Crippen LogP contribution in [0.2, 0.25) is 0 Å². The van der Waals surface area contributed by atoms with Crippen LogP contribution in [0.5, 0.6) is 0 Å². The minimum absolute atomic E-state index is 0. The SMILES string of the molecule is CC.NCCCCCO.[HH]. The van der Waals surface area contributed by atoms with Crippen molar-refractivity contribution in [2.24, 2.45) is 5.73 Å². The molecular weight excluding hydrogens is 114 g/mol. The van der Waals surface area contributed by atoms with Crippen LogP contribution in [-0.2, 0) is 0 Å². The molecule has 0 radical (unpaired) electrons. The fourth-order valence-electron chi connectivity index (χ4n) is 0.433. The lowest BCUT2D eigenvalue weighted by Crippen LogP contribution is -1.98. The van der Waals surface area contributed by atoms with E-state index in [0.717, 1.165) is 25.8 Å². The minimum Gasteiger partial charge on any atom is -0.396 e. The van der Waals surface area contributed by atoms with Gasteiger partial charge in [-0.3, -0.25) is 0 Å². The highest BCUT2D eigenvalue weighted by Gasteiger charge is 1.80. The first-order chi connectivity index (χ1) is 4.41. The van der Waals surface area contributed by atoms with Crippen LogP contribution in [-0.4, -0.2) is 18.3 Å². The number of hydrogen-bond donors (Lipinski definition) is 2. The van der Waals surface area contributed by atoms with Crippen LogP contribution in [0.15, 0.2) is 0 Å². The Labute approximate surface area is 59.6 Å². The molecule has 0 rings (SSSR count). The Morgan fingerprint density at radius 2 is 1.78 bits per heavy atom. The lowest BCUT2D eigenvalue weighted by atomic mass is 10.2. The van der Waals surface area contributed by atoms with Gasteiger partial charge >= 0.3 is 0 Å². The van der Waals surface area contributed by atoms with Gasteiger partial charge in [0.05, 0.1) is 0 Å². The number of nitrogens with two attached hydrogens (primary N) is 1. The van der Waals surface area contributed by atoms with E-state index >= 15 is 0 Å². The van der Waals surface area contributed by atoms with Gasteiger partial charge in [-0.05, 0) is 25.8 Å². The van der Waals surface area contributed by atoms with E-state index < -0.39 is 0 Å². The van der Waals surface area contributed by atoms with Gasteiger partial charge in [0.25, 0.3) is 0 Å². The molecule has 3 N–H and O–H groups in total. The van der Waals surface area contributed by atoms with Crippen molar-refractivity contribution in [2.45, 2.75) is 33.1 Å². The molecule has 0 unspecified atom stereocenters. The molecule has 0 heterocycles. The van der Waals surface area contributed by atoms with Crippen molar-refractivity contribution >= 4 is 0 Å². The second kappa shape index (κ2) is 15.7. The van der Waals surface area contributed by atoms with Crippen molar-refractivity contribution in [1.29, 1.82) is 0 Å². The fourth-order valence-corrected chi connectivity index (χ4v) is 0.433. The number of rotatable bonds is 4. The van der Waals surface area contributed by atoms with E-state index in [1.807, 2.05) is 13.8 Å². The normalized spacial score (nSPS) is 8.00. The molecule has 0 atom stereocenters. The molecule has 0 aromatic heterocycles. The van der Waals surface area contributed by atoms with Crippen LogP contribution in [0, 0.1) is 0 Å². The van der Waals surface area contributed by atoms with Gasteiger partial charge in [-0.2, -0.15) is 0 Å². The Hall–Kier alpha value is -0.0800. The van der Waals surface area contributed by atoms with Crippen molar-refractivity contribution in [2.75, 3.05) is 13.2 Å². The molecule has 0 fully saturated rings. The summed E-state index contributed by atoms with van der Waals surface area (Å²) in [5.41, 5.74) is 5.19. The molecule has 9 heavy (non-hydrogen) atoms. The first-order valence-corrected chi connectivity index (χ1v) is 3.72. The predicted octanol–water partition coefficient (Wildman–Crippen LogP) is 1.38. The van der Waals surface area contributed by atoms with Crippen molar-refractivity contribution < 1.29 is 6.53 Å². The number of hydrogen-bond acceptors (Lipinski definition) is 2. The number of aliphatic hydroxyl groups is 1. The summed E-state index contributed by atoms with van der Waals surface area (Å²) < 4.78 is 0. The molecule has 2 heteroatoms. The summed E-state index contributed by atoms with van der Waals surface area (Å²) in [5.74, 6) is 0. The van der Waals surface area contributed by atoms with E-state index in [0.29, 0.717) is 6.61 Å². The maximum atomic E-state index is 8.25. The molecule has 0 spiro atoms. The van der Waals surface area contributed by atoms with Gasteiger partial charge in [-0.15, -0.1) is 0 Å². The second-order valence-corrected chi connectivity index (χ2v) is 1.57. The highest BCUT2D eigenvalue weighted by atomic mass is 16.2. The zero-order chi connectivity index (χ0) is 7.54. The molecule has 0 aromatic carbocycles. The molecule has 0 aliphatic carbocycles. The second-order valence-electron chi connectivity index (χ2n) is 1.57. The zero-order valence-corrected chi connectivity index (χ0v) is 6.56. The van der Waals surface area contributed by atoms with Crippen LogP contribution in [0.4, 0.5) is 0 Å². The van der Waals surface area contributed by atoms with E-state index in [-0.39, 0.29) is 1.43 Å². The fraction of sp³-hybridized carbons (Fsp3) is 1.00. The highest BCUT2D eigenvalue weighted by molar-refractivity contribution is 4.38. The lowest BCUT2D eigenvalue weighted by Gasteiger charge is -1.90. The van der Waals surface area contributed by atoms with Crippen molar-refractivity contribution in [3.63, 3.8) is 0 Å². The summed E-state index contributed by atoms with van der Waals surface area (Å²) in [6.45, 7) is 5.06. The summed E-state index contributed by atoms with van der Waals surface area (Å²) in [7, 11) is 0. The monoisotopic (exact) mass is 135 g/mol. The molecule has 60 valence electrons. The topological polar surface area (TPSA) is 46.2 Å². The Bertz CT molecular complexity index is 32.8. The third-order valence-electron chi connectivity index (χ3n) is 0.862. The number of aliphatic hydroxyl groups excluding tert-OH is 1. The predicted molar refractivity (Wildman–Crippen MR) is 43.5 cm³/mol. The first kappa shape index (κ1) is 11.7. The first-order valence-electron chi connectivity index (χ1n) is 3.72. The van der Waals surface area contributed by atoms with E-state index in [9.17, 15) is 0 Å². The average Bonchev–Trinajstić information content (AvgIpc) is 1.94. The molecule has 0 saturated heterocycles. The molecule has 0 bridgehead atoms. The number of unbranched alkanes of at least 4 members (excludes halogenated alkanes) is 2. The summed E-state index contributed by atoms with van der Waals surface area (Å²) in [6, 6.07) is 0. The largest absolute Gasteiger partial charge is 0.396 e. The van der Waals surface area contributed by atoms with E-state index in [2.05, 4.69) is 0 Å². The molecule has 0 aromatic rings. The van der Waals surface area contributed by atoms with Gasteiger partial charge in [0, 0.05) is 8.03 Å². The van der Waals surface area contributed by atoms with Crippen LogP contribution in [0.3, 0.4) is 0 Å². The van der Waals surface area contributed by atoms with Gasteiger partial charge in [0.2, 0.25) is 0 Å². The molecule has 2 nitrogen and oxygen atoms in total. The van der Waals surface area contributed by atoms with Gasteiger partial charge in [0.15, 0.2) is 0 Å². The third-order valence-corrected chi connectivity index (χ3v) is 0.862. The van der Waals surface area contributed by atoms with E-state index in [1.165, 1.54) is 0 Å². The summed E-state index contributed by atoms with van der Waals surface area (Å²) >= 11 is 0. The van der Waals surface area contributed by atoms with Crippen molar-refractivity contribution in [3.05, 3.63) is 0 Å². The quantitative estimate of drug-likeness (QED) is 0.572. The van der Waals surface area contributed by atoms with Crippen LogP contribution in [0.25, 0.3) is 0 Å². The molecule has 0 aliphatic heterocycles. The van der Waals surface area contributed by atoms with Gasteiger partial charge in [0.1, 0.15) is 0 Å². The smallest absolute Gasteiger partial charge is 0.0431 e. The van der Waals surface area contributed by atoms with E-state index in [4.69, 9.17) is 10.8 Å². The molecule has 0 aliphatic rings. The average molecular weight is 135 g/mol. The maximum absolute atomic E-state index is 8.25. The highest BCUT2D eigenvalue weighted by Crippen LogP contribution is 1.89. The standard InChI is InChI=1S/C5H13NO.C2H6.H2/c6-4-2-1-3-5-7;1-2;/h7H,1-6H2;1-2H3;1H. The van der Waals surface area contributed by atoms with Gasteiger partial charge in [-0.1, -0.05) is 13.8 Å². The van der Waals surface area contributed by atoms with Crippen molar-refractivity contribution in [3.8, 4) is 0 Å². The third kappa shape index (κ3) is 18.1.